The topological polar surface area (TPSA) is 101 Å². The van der Waals surface area contributed by atoms with Crippen molar-refractivity contribution >= 4 is 18.7 Å². The molecule has 1 aromatic heterocycles. The van der Waals surface area contributed by atoms with Gasteiger partial charge >= 0.3 is 13.2 Å². The van der Waals surface area contributed by atoms with E-state index in [9.17, 15) is 9.90 Å². The van der Waals surface area contributed by atoms with Gasteiger partial charge in [0, 0.05) is 12.1 Å². The van der Waals surface area contributed by atoms with E-state index in [4.69, 9.17) is 9.31 Å². The molecule has 2 aromatic rings. The van der Waals surface area contributed by atoms with Crippen LogP contribution in [0.1, 0.15) is 52.4 Å². The molecule has 1 atom stereocenters. The number of hydrogen-bond acceptors (Lipinski definition) is 5. The second kappa shape index (κ2) is 6.60. The van der Waals surface area contributed by atoms with E-state index in [2.05, 4.69) is 15.2 Å². The van der Waals surface area contributed by atoms with Gasteiger partial charge in [0.25, 0.3) is 0 Å². The zero-order valence-corrected chi connectivity index (χ0v) is 16.6. The number of nitrogens with zero attached hydrogens (tertiary/aromatic N) is 3. The Morgan fingerprint density at radius 2 is 1.86 bits per heavy atom. The van der Waals surface area contributed by atoms with Crippen LogP contribution in [0.2, 0.25) is 0 Å². The van der Waals surface area contributed by atoms with Gasteiger partial charge in [-0.25, -0.2) is 9.78 Å². The molecule has 1 aromatic carbocycles. The molecular formula is C19H25BN4O4. The third-order valence-corrected chi connectivity index (χ3v) is 6.01. The number of aromatic amines is 1. The number of amides is 1. The van der Waals surface area contributed by atoms with Crippen molar-refractivity contribution < 1.29 is 19.2 Å². The molecular weight excluding hydrogens is 359 g/mol. The summed E-state index contributed by atoms with van der Waals surface area (Å²) in [5, 5.41) is 16.5. The fourth-order valence-electron chi connectivity index (χ4n) is 3.60. The summed E-state index contributed by atoms with van der Waals surface area (Å²) in [5.74, 6) is 1.14. The van der Waals surface area contributed by atoms with Gasteiger partial charge < -0.3 is 14.4 Å². The van der Waals surface area contributed by atoms with Gasteiger partial charge in [-0.2, -0.15) is 5.10 Å². The van der Waals surface area contributed by atoms with Gasteiger partial charge in [-0.15, -0.1) is 0 Å². The lowest BCUT2D eigenvalue weighted by molar-refractivity contribution is 0.00578. The van der Waals surface area contributed by atoms with Crippen molar-refractivity contribution in [3.63, 3.8) is 0 Å². The first-order valence-electron chi connectivity index (χ1n) is 9.56. The van der Waals surface area contributed by atoms with E-state index in [1.807, 2.05) is 52.0 Å². The minimum absolute atomic E-state index is 0.261. The average Bonchev–Trinajstić information content (AvgIpc) is 3.33. The Bertz CT molecular complexity index is 864. The SMILES string of the molecule is CC1(C)OB(c2ccc(-c3n[nH]c(C4CCCN4C(=O)O)n3)cc2)OC1(C)C. The predicted octanol–water partition coefficient (Wildman–Crippen LogP) is 2.59. The summed E-state index contributed by atoms with van der Waals surface area (Å²) in [7, 11) is -0.413. The highest BCUT2D eigenvalue weighted by atomic mass is 16.7. The van der Waals surface area contributed by atoms with Crippen molar-refractivity contribution in [1.82, 2.24) is 20.1 Å². The average molecular weight is 384 g/mol. The molecule has 3 heterocycles. The van der Waals surface area contributed by atoms with Crippen LogP contribution < -0.4 is 5.46 Å². The van der Waals surface area contributed by atoms with Gasteiger partial charge in [0.1, 0.15) is 5.82 Å². The highest BCUT2D eigenvalue weighted by Gasteiger charge is 2.51. The number of nitrogens with one attached hydrogen (secondary N) is 1. The van der Waals surface area contributed by atoms with E-state index in [0.717, 1.165) is 23.9 Å². The van der Waals surface area contributed by atoms with E-state index >= 15 is 0 Å². The first-order chi connectivity index (χ1) is 13.2. The van der Waals surface area contributed by atoms with Crippen LogP contribution in [0.4, 0.5) is 4.79 Å². The van der Waals surface area contributed by atoms with E-state index in [0.29, 0.717) is 18.2 Å². The zero-order chi connectivity index (χ0) is 20.1. The van der Waals surface area contributed by atoms with Crippen LogP contribution in [-0.2, 0) is 9.31 Å². The maximum absolute atomic E-state index is 11.4. The molecule has 2 aliphatic heterocycles. The number of hydrogen-bond donors (Lipinski definition) is 2. The van der Waals surface area contributed by atoms with E-state index in [1.165, 1.54) is 4.90 Å². The van der Waals surface area contributed by atoms with Crippen molar-refractivity contribution in [2.75, 3.05) is 6.54 Å². The van der Waals surface area contributed by atoms with Gasteiger partial charge in [-0.3, -0.25) is 10.00 Å². The van der Waals surface area contributed by atoms with Gasteiger partial charge in [-0.05, 0) is 46.0 Å². The maximum atomic E-state index is 11.4. The summed E-state index contributed by atoms with van der Waals surface area (Å²) in [6.07, 6.45) is 0.657. The normalized spacial score (nSPS) is 23.4. The molecule has 1 unspecified atom stereocenters. The second-order valence-corrected chi connectivity index (χ2v) is 8.39. The summed E-state index contributed by atoms with van der Waals surface area (Å²) in [6, 6.07) is 7.50. The number of likely N-dealkylation sites (tertiary alicyclic amines) is 1. The third kappa shape index (κ3) is 3.18. The lowest BCUT2D eigenvalue weighted by Gasteiger charge is -2.32. The van der Waals surface area contributed by atoms with Gasteiger partial charge in [0.15, 0.2) is 5.82 Å². The molecule has 4 rings (SSSR count). The molecule has 9 heteroatoms. The monoisotopic (exact) mass is 384 g/mol. The van der Waals surface area contributed by atoms with Crippen molar-refractivity contribution in [1.29, 1.82) is 0 Å². The molecule has 0 bridgehead atoms. The first kappa shape index (κ1) is 19.0. The van der Waals surface area contributed by atoms with E-state index < -0.39 is 13.2 Å². The van der Waals surface area contributed by atoms with E-state index in [-0.39, 0.29) is 17.2 Å². The molecule has 2 fully saturated rings. The van der Waals surface area contributed by atoms with Crippen LogP contribution in [0.25, 0.3) is 11.4 Å². The number of aromatic nitrogens is 3. The molecule has 28 heavy (non-hydrogen) atoms. The van der Waals surface area contributed by atoms with Crippen molar-refractivity contribution in [2.45, 2.75) is 57.8 Å². The standard InChI is InChI=1S/C19H25BN4O4/c1-18(2)19(3,4)28-20(27-18)13-9-7-12(8-10-13)15-21-16(23-22-15)14-6-5-11-24(14)17(25)26/h7-10,14H,5-6,11H2,1-4H3,(H,25,26)(H,21,22,23). The first-order valence-corrected chi connectivity index (χ1v) is 9.56. The summed E-state index contributed by atoms with van der Waals surface area (Å²) in [6.45, 7) is 8.64. The molecule has 2 saturated heterocycles. The van der Waals surface area contributed by atoms with Crippen LogP contribution >= 0.6 is 0 Å². The molecule has 2 aliphatic rings. The van der Waals surface area contributed by atoms with E-state index in [1.54, 1.807) is 0 Å². The molecule has 0 saturated carbocycles. The van der Waals surface area contributed by atoms with Crippen LogP contribution in [0.3, 0.4) is 0 Å². The maximum Gasteiger partial charge on any atom is 0.494 e. The Morgan fingerprint density at radius 3 is 2.46 bits per heavy atom. The molecule has 148 valence electrons. The van der Waals surface area contributed by atoms with Crippen LogP contribution in [0, 0.1) is 0 Å². The Kier molecular flexibility index (Phi) is 4.47. The Balaban J connectivity index is 1.51. The highest BCUT2D eigenvalue weighted by Crippen LogP contribution is 2.36. The number of carboxylic acid groups (broad SMARTS) is 1. The lowest BCUT2D eigenvalue weighted by atomic mass is 9.79. The molecule has 1 amide bonds. The molecule has 0 aliphatic carbocycles. The molecule has 0 spiro atoms. The third-order valence-electron chi connectivity index (χ3n) is 6.01. The second-order valence-electron chi connectivity index (χ2n) is 8.39. The fraction of sp³-hybridized carbons (Fsp3) is 0.526. The van der Waals surface area contributed by atoms with Gasteiger partial charge in [0.05, 0.1) is 17.2 Å². The molecule has 2 N–H and O–H groups in total. The van der Waals surface area contributed by atoms with Crippen LogP contribution in [-0.4, -0.2) is 56.1 Å². The number of benzene rings is 1. The summed E-state index contributed by atoms with van der Waals surface area (Å²) < 4.78 is 12.2. The zero-order valence-electron chi connectivity index (χ0n) is 16.6. The lowest BCUT2D eigenvalue weighted by Crippen LogP contribution is -2.41. The summed E-state index contributed by atoms with van der Waals surface area (Å²) in [4.78, 5) is 17.3. The summed E-state index contributed by atoms with van der Waals surface area (Å²) in [5.41, 5.74) is 1.02. The van der Waals surface area contributed by atoms with Crippen molar-refractivity contribution in [3.8, 4) is 11.4 Å². The number of H-pyrrole nitrogens is 1. The Hall–Kier alpha value is -2.39. The van der Waals surface area contributed by atoms with Crippen molar-refractivity contribution in [2.24, 2.45) is 0 Å². The number of rotatable bonds is 3. The largest absolute Gasteiger partial charge is 0.494 e. The molecule has 0 radical (unpaired) electrons. The smallest absolute Gasteiger partial charge is 0.465 e. The van der Waals surface area contributed by atoms with Crippen LogP contribution in [0.5, 0.6) is 0 Å². The van der Waals surface area contributed by atoms with Gasteiger partial charge in [-0.1, -0.05) is 24.3 Å². The van der Waals surface area contributed by atoms with Gasteiger partial charge in [0.2, 0.25) is 0 Å². The Morgan fingerprint density at radius 1 is 1.21 bits per heavy atom. The minimum atomic E-state index is -0.924. The Labute approximate surface area is 164 Å². The minimum Gasteiger partial charge on any atom is -0.465 e. The van der Waals surface area contributed by atoms with Crippen molar-refractivity contribution in [3.05, 3.63) is 30.1 Å². The van der Waals surface area contributed by atoms with Crippen LogP contribution in [0.15, 0.2) is 24.3 Å². The highest BCUT2D eigenvalue weighted by molar-refractivity contribution is 6.62. The number of carbonyl (C=O) groups is 1. The predicted molar refractivity (Wildman–Crippen MR) is 104 cm³/mol. The summed E-state index contributed by atoms with van der Waals surface area (Å²) >= 11 is 0. The fourth-order valence-corrected chi connectivity index (χ4v) is 3.60. The molecule has 8 nitrogen and oxygen atoms in total. The quantitative estimate of drug-likeness (QED) is 0.789.